The molecule has 0 saturated heterocycles. The number of carboxylic acid groups (broad SMARTS) is 1. The Morgan fingerprint density at radius 3 is 1.42 bits per heavy atom. The monoisotopic (exact) mass is 836 g/mol. The summed E-state index contributed by atoms with van der Waals surface area (Å²) in [6, 6.07) is -2.53. The minimum Gasteiger partial charge on any atom is -0.508 e. The highest BCUT2D eigenvalue weighted by Gasteiger charge is 2.33. The van der Waals surface area contributed by atoms with Gasteiger partial charge in [-0.1, -0.05) is 39.8 Å². The number of benzene rings is 1. The fourth-order valence-electron chi connectivity index (χ4n) is 5.97. The normalized spacial score (nSPS) is 15.4. The van der Waals surface area contributed by atoms with E-state index >= 15 is 0 Å². The number of hydrogen-bond acceptors (Lipinski definition) is 12. The van der Waals surface area contributed by atoms with Crippen molar-refractivity contribution in [3.8, 4) is 5.75 Å². The summed E-state index contributed by atoms with van der Waals surface area (Å²) >= 11 is 0. The molecule has 1 aromatic carbocycles. The van der Waals surface area contributed by atoms with Gasteiger partial charge in [0.2, 0.25) is 35.4 Å². The lowest BCUT2D eigenvalue weighted by molar-refractivity contribution is -0.142. The van der Waals surface area contributed by atoms with Crippen LogP contribution in [0, 0.1) is 11.8 Å². The molecule has 0 aliphatic heterocycles. The van der Waals surface area contributed by atoms with Crippen LogP contribution in [0.25, 0.3) is 0 Å². The third-order valence-corrected chi connectivity index (χ3v) is 9.41. The second kappa shape index (κ2) is 27.0. The molecule has 1 aromatic rings. The number of nitrogens with one attached hydrogen (secondary N) is 6. The smallest absolute Gasteiger partial charge is 0.326 e. The predicted octanol–water partition coefficient (Wildman–Crippen LogP) is -0.994. The Hall–Kier alpha value is -4.85. The maximum atomic E-state index is 13.8. The number of hydrogen-bond donors (Lipinski definition) is 12. The number of phenolic OH excluding ortho intramolecular Hbond substituents is 1. The van der Waals surface area contributed by atoms with E-state index in [0.717, 1.165) is 0 Å². The fourth-order valence-corrected chi connectivity index (χ4v) is 5.97. The largest absolute Gasteiger partial charge is 0.508 e. The van der Waals surface area contributed by atoms with Crippen LogP contribution in [0.4, 0.5) is 0 Å². The van der Waals surface area contributed by atoms with Crippen molar-refractivity contribution in [3.63, 3.8) is 0 Å². The molecule has 334 valence electrons. The van der Waals surface area contributed by atoms with Crippen LogP contribution in [-0.4, -0.2) is 118 Å². The number of phenols is 1. The Kier molecular flexibility index (Phi) is 23.9. The Morgan fingerprint density at radius 1 is 0.559 bits per heavy atom. The van der Waals surface area contributed by atoms with E-state index in [0.29, 0.717) is 44.3 Å². The first-order valence-electron chi connectivity index (χ1n) is 20.4. The summed E-state index contributed by atoms with van der Waals surface area (Å²) in [5, 5.41) is 44.9. The summed E-state index contributed by atoms with van der Waals surface area (Å²) in [6.07, 6.45) is 1.31. The van der Waals surface area contributed by atoms with E-state index in [1.807, 2.05) is 27.7 Å². The molecule has 0 radical (unpaired) electrons. The van der Waals surface area contributed by atoms with Gasteiger partial charge in [-0.2, -0.15) is 0 Å². The van der Waals surface area contributed by atoms with Crippen LogP contribution in [0.5, 0.6) is 5.75 Å². The first kappa shape index (κ1) is 52.2. The molecule has 0 heterocycles. The maximum Gasteiger partial charge on any atom is 0.326 e. The number of amides is 6. The number of nitrogens with two attached hydrogens (primary N) is 3. The van der Waals surface area contributed by atoms with E-state index in [9.17, 15) is 48.9 Å². The second-order valence-electron chi connectivity index (χ2n) is 15.8. The first-order chi connectivity index (χ1) is 27.7. The quantitative estimate of drug-likeness (QED) is 0.0452. The molecule has 0 saturated carbocycles. The van der Waals surface area contributed by atoms with Crippen LogP contribution in [0.3, 0.4) is 0 Å². The van der Waals surface area contributed by atoms with Crippen molar-refractivity contribution in [2.24, 2.45) is 29.0 Å². The molecule has 15 N–H and O–H groups in total. The SMILES string of the molecule is CC(C)C[C@H](NC(=O)[C@H](C)NC(=O)[C@H](CCCCN)NC(=O)[C@H](CC(C)C)NC(=O)[C@@H](N)[C@@H](C)O)C(=O)N[C@@H](Cc1ccc(O)cc1)C(=O)N[C@@H](CCCCN)C(=O)O. The van der Waals surface area contributed by atoms with Crippen molar-refractivity contribution in [1.29, 1.82) is 0 Å². The predicted molar refractivity (Wildman–Crippen MR) is 221 cm³/mol. The van der Waals surface area contributed by atoms with Gasteiger partial charge in [0, 0.05) is 6.42 Å². The summed E-state index contributed by atoms with van der Waals surface area (Å²) in [7, 11) is 0. The van der Waals surface area contributed by atoms with Crippen molar-refractivity contribution in [2.45, 2.75) is 148 Å². The minimum absolute atomic E-state index is 0.0206. The average Bonchev–Trinajstić information content (AvgIpc) is 3.16. The molecule has 8 atom stereocenters. The van der Waals surface area contributed by atoms with E-state index in [2.05, 4.69) is 31.9 Å². The zero-order valence-corrected chi connectivity index (χ0v) is 35.3. The molecular formula is C40H69N9O10. The zero-order chi connectivity index (χ0) is 44.8. The lowest BCUT2D eigenvalue weighted by atomic mass is 10.00. The Bertz CT molecular complexity index is 1510. The van der Waals surface area contributed by atoms with Crippen LogP contribution in [0.2, 0.25) is 0 Å². The molecule has 0 unspecified atom stereocenters. The van der Waals surface area contributed by atoms with Gasteiger partial charge < -0.3 is 64.4 Å². The van der Waals surface area contributed by atoms with Crippen LogP contribution < -0.4 is 49.1 Å². The summed E-state index contributed by atoms with van der Waals surface area (Å²) in [5.74, 6) is -5.83. The Balaban J connectivity index is 3.25. The van der Waals surface area contributed by atoms with Gasteiger partial charge in [0.25, 0.3) is 0 Å². The minimum atomic E-state index is -1.29. The van der Waals surface area contributed by atoms with Gasteiger partial charge in [-0.25, -0.2) is 4.79 Å². The molecule has 0 aromatic heterocycles. The van der Waals surface area contributed by atoms with E-state index in [1.54, 1.807) is 12.1 Å². The molecule has 0 bridgehead atoms. The van der Waals surface area contributed by atoms with Gasteiger partial charge >= 0.3 is 5.97 Å². The summed E-state index contributed by atoms with van der Waals surface area (Å²) in [6.45, 7) is 10.7. The molecular weight excluding hydrogens is 766 g/mol. The third kappa shape index (κ3) is 20.1. The highest BCUT2D eigenvalue weighted by molar-refractivity contribution is 5.97. The lowest BCUT2D eigenvalue weighted by Crippen LogP contribution is -2.60. The average molecular weight is 836 g/mol. The number of unbranched alkanes of at least 4 members (excludes halogenated alkanes) is 2. The van der Waals surface area contributed by atoms with E-state index in [4.69, 9.17) is 17.2 Å². The molecule has 19 heteroatoms. The number of carbonyl (C=O) groups excluding carboxylic acids is 6. The van der Waals surface area contributed by atoms with E-state index < -0.39 is 89.8 Å². The molecule has 59 heavy (non-hydrogen) atoms. The highest BCUT2D eigenvalue weighted by atomic mass is 16.4. The van der Waals surface area contributed by atoms with Gasteiger partial charge in [-0.05, 0) is 108 Å². The first-order valence-corrected chi connectivity index (χ1v) is 20.4. The molecule has 6 amide bonds. The summed E-state index contributed by atoms with van der Waals surface area (Å²) < 4.78 is 0. The van der Waals surface area contributed by atoms with Gasteiger partial charge in [0.15, 0.2) is 0 Å². The van der Waals surface area contributed by atoms with E-state index in [1.165, 1.54) is 26.0 Å². The lowest BCUT2D eigenvalue weighted by Gasteiger charge is -2.27. The number of carbonyl (C=O) groups is 7. The number of aromatic hydroxyl groups is 1. The molecule has 0 fully saturated rings. The van der Waals surface area contributed by atoms with Gasteiger partial charge in [0.05, 0.1) is 6.10 Å². The van der Waals surface area contributed by atoms with Gasteiger partial charge in [0.1, 0.15) is 48.0 Å². The number of aliphatic hydroxyl groups excluding tert-OH is 1. The Morgan fingerprint density at radius 2 is 0.966 bits per heavy atom. The number of carboxylic acids is 1. The number of rotatable bonds is 28. The van der Waals surface area contributed by atoms with Crippen molar-refractivity contribution in [1.82, 2.24) is 31.9 Å². The zero-order valence-electron chi connectivity index (χ0n) is 35.3. The molecule has 1 rings (SSSR count). The van der Waals surface area contributed by atoms with Crippen molar-refractivity contribution < 1.29 is 48.9 Å². The van der Waals surface area contributed by atoms with Crippen molar-refractivity contribution in [2.75, 3.05) is 13.1 Å². The second-order valence-corrected chi connectivity index (χ2v) is 15.8. The number of aliphatic carboxylic acids is 1. The third-order valence-electron chi connectivity index (χ3n) is 9.41. The van der Waals surface area contributed by atoms with Crippen LogP contribution >= 0.6 is 0 Å². The topological polar surface area (TPSA) is 330 Å². The molecule has 0 aliphatic carbocycles. The van der Waals surface area contributed by atoms with Crippen molar-refractivity contribution >= 4 is 41.4 Å². The van der Waals surface area contributed by atoms with Gasteiger partial charge in [-0.3, -0.25) is 28.8 Å². The standard InChI is InChI=1S/C40H69N9O10/c1-22(2)19-30(37(55)48-32(21-26-13-15-27(51)16-14-26)38(56)46-29(40(58)59)12-8-10-18-42)47-34(52)24(5)44-35(53)28(11-7-9-17-41)45-36(54)31(20-23(3)4)49-39(57)33(43)25(6)50/h13-16,22-25,28-33,50-51H,7-12,17-21,41-43H2,1-6H3,(H,44,53)(H,45,54)(H,46,56)(H,47,52)(H,48,55)(H,49,57)(H,58,59)/t24-,25+,28-,29-,30-,31-,32-,33-/m0/s1. The number of aliphatic hydroxyl groups is 1. The summed E-state index contributed by atoms with van der Waals surface area (Å²) in [4.78, 5) is 92.7. The van der Waals surface area contributed by atoms with Gasteiger partial charge in [-0.15, -0.1) is 0 Å². The molecule has 0 spiro atoms. The molecule has 19 nitrogen and oxygen atoms in total. The van der Waals surface area contributed by atoms with Crippen LogP contribution in [-0.2, 0) is 40.0 Å². The summed E-state index contributed by atoms with van der Waals surface area (Å²) in [5.41, 5.74) is 17.5. The maximum absolute atomic E-state index is 13.8. The molecule has 0 aliphatic rings. The fraction of sp³-hybridized carbons (Fsp3) is 0.675. The van der Waals surface area contributed by atoms with Crippen LogP contribution in [0.1, 0.15) is 98.5 Å². The van der Waals surface area contributed by atoms with E-state index in [-0.39, 0.29) is 49.7 Å². The van der Waals surface area contributed by atoms with Crippen LogP contribution in [0.15, 0.2) is 24.3 Å². The highest BCUT2D eigenvalue weighted by Crippen LogP contribution is 2.14. The van der Waals surface area contributed by atoms with Crippen molar-refractivity contribution in [3.05, 3.63) is 29.8 Å². The Labute approximate surface area is 347 Å².